The van der Waals surface area contributed by atoms with Gasteiger partial charge >= 0.3 is 0 Å². The summed E-state index contributed by atoms with van der Waals surface area (Å²) in [7, 11) is 0. The Hall–Kier alpha value is -2.05. The van der Waals surface area contributed by atoms with Crippen LogP contribution in [0.2, 0.25) is 0 Å². The SMILES string of the molecule is C=C(C)/C=C(\OC(C)OCc1cccnc1)C1=CSC2=NCCN12. The largest absolute Gasteiger partial charge is 0.463 e. The smallest absolute Gasteiger partial charge is 0.197 e. The average molecular weight is 343 g/mol. The topological polar surface area (TPSA) is 47.0 Å². The number of ether oxygens (including phenoxy) is 2. The number of amidine groups is 1. The second-order valence-electron chi connectivity index (χ2n) is 5.65. The number of hydrogen-bond acceptors (Lipinski definition) is 6. The maximum Gasteiger partial charge on any atom is 0.197 e. The van der Waals surface area contributed by atoms with Gasteiger partial charge in [0.25, 0.3) is 0 Å². The van der Waals surface area contributed by atoms with Gasteiger partial charge in [0, 0.05) is 24.3 Å². The van der Waals surface area contributed by atoms with Gasteiger partial charge in [0.15, 0.2) is 11.5 Å². The number of aromatic nitrogens is 1. The van der Waals surface area contributed by atoms with Crippen LogP contribution in [0.4, 0.5) is 0 Å². The number of aliphatic imine (C=N–C) groups is 1. The molecule has 3 heterocycles. The molecule has 0 fully saturated rings. The highest BCUT2D eigenvalue weighted by molar-refractivity contribution is 8.16. The molecule has 5 nitrogen and oxygen atoms in total. The van der Waals surface area contributed by atoms with Crippen molar-refractivity contribution in [2.24, 2.45) is 4.99 Å². The minimum Gasteiger partial charge on any atom is -0.463 e. The van der Waals surface area contributed by atoms with Crippen LogP contribution in [0.5, 0.6) is 0 Å². The number of nitrogens with zero attached hydrogens (tertiary/aromatic N) is 3. The van der Waals surface area contributed by atoms with E-state index in [1.807, 2.05) is 32.1 Å². The van der Waals surface area contributed by atoms with Gasteiger partial charge < -0.3 is 14.4 Å². The van der Waals surface area contributed by atoms with Gasteiger partial charge in [-0.2, -0.15) is 0 Å². The predicted molar refractivity (Wildman–Crippen MR) is 97.2 cm³/mol. The quantitative estimate of drug-likeness (QED) is 0.429. The molecule has 2 aliphatic heterocycles. The van der Waals surface area contributed by atoms with E-state index in [1.54, 1.807) is 24.2 Å². The summed E-state index contributed by atoms with van der Waals surface area (Å²) in [5.41, 5.74) is 2.97. The van der Waals surface area contributed by atoms with E-state index in [2.05, 4.69) is 26.9 Å². The minimum atomic E-state index is -0.384. The van der Waals surface area contributed by atoms with Crippen molar-refractivity contribution in [3.63, 3.8) is 0 Å². The monoisotopic (exact) mass is 343 g/mol. The Morgan fingerprint density at radius 3 is 3.17 bits per heavy atom. The summed E-state index contributed by atoms with van der Waals surface area (Å²) in [6, 6.07) is 3.87. The first kappa shape index (κ1) is 16.8. The molecule has 0 aromatic carbocycles. The van der Waals surface area contributed by atoms with Gasteiger partial charge in [-0.05, 0) is 31.6 Å². The molecule has 0 N–H and O–H groups in total. The van der Waals surface area contributed by atoms with Crippen molar-refractivity contribution in [3.8, 4) is 0 Å². The molecule has 1 atom stereocenters. The predicted octanol–water partition coefficient (Wildman–Crippen LogP) is 3.68. The number of hydrogen-bond donors (Lipinski definition) is 0. The molecule has 1 unspecified atom stereocenters. The van der Waals surface area contributed by atoms with E-state index < -0.39 is 0 Å². The standard InChI is InChI=1S/C18H21N3O2S/c1-13(2)9-17(16-12-24-18-20-7-8-21(16)18)23-14(3)22-11-15-5-4-6-19-10-15/h4-6,9-10,12,14H,1,7-8,11H2,2-3H3/b17-9-. The Balaban J connectivity index is 1.64. The van der Waals surface area contributed by atoms with Crippen LogP contribution in [0.25, 0.3) is 0 Å². The average Bonchev–Trinajstić information content (AvgIpc) is 3.16. The molecule has 0 radical (unpaired) electrons. The van der Waals surface area contributed by atoms with Crippen LogP contribution in [0.1, 0.15) is 19.4 Å². The van der Waals surface area contributed by atoms with Gasteiger partial charge in [0.1, 0.15) is 5.76 Å². The Bertz CT molecular complexity index is 697. The number of pyridine rings is 1. The molecule has 1 aromatic heterocycles. The van der Waals surface area contributed by atoms with Crippen molar-refractivity contribution < 1.29 is 9.47 Å². The molecule has 24 heavy (non-hydrogen) atoms. The second kappa shape index (κ2) is 7.68. The highest BCUT2D eigenvalue weighted by atomic mass is 32.2. The molecule has 0 amide bonds. The van der Waals surface area contributed by atoms with Gasteiger partial charge in [-0.25, -0.2) is 0 Å². The van der Waals surface area contributed by atoms with Crippen molar-refractivity contribution in [1.82, 2.24) is 9.88 Å². The molecule has 0 bridgehead atoms. The van der Waals surface area contributed by atoms with Gasteiger partial charge in [-0.1, -0.05) is 30.0 Å². The van der Waals surface area contributed by atoms with Crippen LogP contribution in [0.15, 0.2) is 64.6 Å². The fourth-order valence-corrected chi connectivity index (χ4v) is 3.36. The molecule has 3 rings (SSSR count). The third-order valence-corrected chi connectivity index (χ3v) is 4.40. The highest BCUT2D eigenvalue weighted by Gasteiger charge is 2.29. The van der Waals surface area contributed by atoms with E-state index >= 15 is 0 Å². The van der Waals surface area contributed by atoms with Crippen molar-refractivity contribution >= 4 is 16.9 Å². The number of rotatable bonds is 7. The molecular weight excluding hydrogens is 322 g/mol. The third-order valence-electron chi connectivity index (χ3n) is 3.50. The highest BCUT2D eigenvalue weighted by Crippen LogP contribution is 2.34. The second-order valence-corrected chi connectivity index (χ2v) is 6.49. The summed E-state index contributed by atoms with van der Waals surface area (Å²) in [6.07, 6.45) is 5.10. The molecule has 2 aliphatic rings. The fraction of sp³-hybridized carbons (Fsp3) is 0.333. The van der Waals surface area contributed by atoms with E-state index in [9.17, 15) is 0 Å². The van der Waals surface area contributed by atoms with Gasteiger partial charge in [0.2, 0.25) is 0 Å². The molecular formula is C18H21N3O2S. The number of thioether (sulfide) groups is 1. The van der Waals surface area contributed by atoms with Crippen LogP contribution in [-0.2, 0) is 16.1 Å². The first-order valence-corrected chi connectivity index (χ1v) is 8.75. The zero-order chi connectivity index (χ0) is 16.9. The zero-order valence-corrected chi connectivity index (χ0v) is 14.8. The Labute approximate surface area is 146 Å². The third kappa shape index (κ3) is 4.07. The number of allylic oxidation sites excluding steroid dienone is 2. The van der Waals surface area contributed by atoms with E-state index in [0.29, 0.717) is 6.61 Å². The lowest BCUT2D eigenvalue weighted by Gasteiger charge is -2.23. The van der Waals surface area contributed by atoms with Gasteiger partial charge in [0.05, 0.1) is 18.8 Å². The van der Waals surface area contributed by atoms with Crippen molar-refractivity contribution in [2.45, 2.75) is 26.7 Å². The van der Waals surface area contributed by atoms with Crippen LogP contribution in [0, 0.1) is 0 Å². The fourth-order valence-electron chi connectivity index (χ4n) is 2.42. The lowest BCUT2D eigenvalue weighted by atomic mass is 10.2. The molecule has 0 saturated carbocycles. The first-order chi connectivity index (χ1) is 11.6. The summed E-state index contributed by atoms with van der Waals surface area (Å²) in [5, 5.41) is 3.10. The maximum absolute atomic E-state index is 6.05. The molecule has 0 spiro atoms. The van der Waals surface area contributed by atoms with E-state index in [0.717, 1.165) is 40.8 Å². The van der Waals surface area contributed by atoms with Crippen LogP contribution < -0.4 is 0 Å². The summed E-state index contributed by atoms with van der Waals surface area (Å²) in [6.45, 7) is 9.98. The normalized spacial score (nSPS) is 18.1. The minimum absolute atomic E-state index is 0.384. The van der Waals surface area contributed by atoms with Crippen LogP contribution in [-0.4, -0.2) is 34.4 Å². The molecule has 6 heteroatoms. The summed E-state index contributed by atoms with van der Waals surface area (Å²) < 4.78 is 11.8. The maximum atomic E-state index is 6.05. The molecule has 0 aliphatic carbocycles. The Morgan fingerprint density at radius 2 is 2.42 bits per heavy atom. The Morgan fingerprint density at radius 1 is 1.54 bits per heavy atom. The first-order valence-electron chi connectivity index (χ1n) is 7.87. The van der Waals surface area contributed by atoms with E-state index in [-0.39, 0.29) is 6.29 Å². The molecule has 126 valence electrons. The summed E-state index contributed by atoms with van der Waals surface area (Å²) in [5.74, 6) is 0.765. The van der Waals surface area contributed by atoms with Crippen molar-refractivity contribution in [2.75, 3.05) is 13.1 Å². The Kier molecular flexibility index (Phi) is 5.37. The summed E-state index contributed by atoms with van der Waals surface area (Å²) in [4.78, 5) is 10.7. The van der Waals surface area contributed by atoms with Crippen LogP contribution >= 0.6 is 11.8 Å². The van der Waals surface area contributed by atoms with Crippen molar-refractivity contribution in [1.29, 1.82) is 0 Å². The van der Waals surface area contributed by atoms with Crippen molar-refractivity contribution in [3.05, 3.63) is 65.2 Å². The van der Waals surface area contributed by atoms with Crippen LogP contribution in [0.3, 0.4) is 0 Å². The lowest BCUT2D eigenvalue weighted by Crippen LogP contribution is -2.24. The van der Waals surface area contributed by atoms with Gasteiger partial charge in [-0.15, -0.1) is 0 Å². The lowest BCUT2D eigenvalue weighted by molar-refractivity contribution is -0.110. The zero-order valence-electron chi connectivity index (χ0n) is 13.9. The van der Waals surface area contributed by atoms with Gasteiger partial charge in [-0.3, -0.25) is 9.98 Å². The van der Waals surface area contributed by atoms with E-state index in [4.69, 9.17) is 9.47 Å². The number of fused-ring (bicyclic) bond motifs is 1. The molecule has 1 aromatic rings. The molecule has 0 saturated heterocycles. The summed E-state index contributed by atoms with van der Waals surface area (Å²) >= 11 is 1.63. The van der Waals surface area contributed by atoms with E-state index in [1.165, 1.54) is 0 Å².